The lowest BCUT2D eigenvalue weighted by Crippen LogP contribution is -2.02. The van der Waals surface area contributed by atoms with E-state index in [1.807, 2.05) is 35.6 Å². The number of thiophene rings is 1. The standard InChI is InChI=1S/C36H20N6S/c1-3-9-25-23(7-1)29-27-11-5-6-12-28(27)43-33(29)30-24-8-2-4-10-26(24)32(39-31(25)30)36-41-34(21-13-17-37-18-14-21)40-35(42-36)22-15-19-38-20-16-22/h1-20H. The van der Waals surface area contributed by atoms with E-state index in [1.165, 1.54) is 25.6 Å². The molecule has 0 amide bonds. The zero-order valence-electron chi connectivity index (χ0n) is 22.6. The van der Waals surface area contributed by atoms with Gasteiger partial charge in [0.25, 0.3) is 0 Å². The van der Waals surface area contributed by atoms with Crippen LogP contribution >= 0.6 is 11.3 Å². The van der Waals surface area contributed by atoms with Crippen LogP contribution in [0.4, 0.5) is 0 Å². The maximum absolute atomic E-state index is 5.42. The predicted octanol–water partition coefficient (Wildman–Crippen LogP) is 8.89. The molecule has 0 aliphatic rings. The number of rotatable bonds is 3. The lowest BCUT2D eigenvalue weighted by atomic mass is 9.96. The van der Waals surface area contributed by atoms with Crippen LogP contribution in [-0.2, 0) is 0 Å². The summed E-state index contributed by atoms with van der Waals surface area (Å²) in [5, 5.41) is 8.14. The van der Waals surface area contributed by atoms with E-state index >= 15 is 0 Å². The van der Waals surface area contributed by atoms with Crippen molar-refractivity contribution in [3.8, 4) is 34.3 Å². The minimum absolute atomic E-state index is 0.521. The van der Waals surface area contributed by atoms with E-state index in [9.17, 15) is 0 Å². The van der Waals surface area contributed by atoms with E-state index < -0.39 is 0 Å². The molecule has 0 aliphatic heterocycles. The summed E-state index contributed by atoms with van der Waals surface area (Å²) in [7, 11) is 0. The maximum atomic E-state index is 5.42. The molecule has 4 aromatic carbocycles. The van der Waals surface area contributed by atoms with Gasteiger partial charge < -0.3 is 0 Å². The molecule has 200 valence electrons. The fourth-order valence-electron chi connectivity index (χ4n) is 6.00. The molecule has 0 fully saturated rings. The van der Waals surface area contributed by atoms with E-state index in [0.717, 1.165) is 43.9 Å². The smallest absolute Gasteiger partial charge is 0.183 e. The van der Waals surface area contributed by atoms with E-state index in [2.05, 4.69) is 82.8 Å². The first-order valence-corrected chi connectivity index (χ1v) is 14.8. The minimum Gasteiger partial charge on any atom is -0.265 e. The van der Waals surface area contributed by atoms with Gasteiger partial charge in [0.15, 0.2) is 17.5 Å². The van der Waals surface area contributed by atoms with Crippen LogP contribution in [0, 0.1) is 0 Å². The van der Waals surface area contributed by atoms with Crippen LogP contribution in [0.15, 0.2) is 122 Å². The molecule has 0 saturated heterocycles. The molecule has 0 aliphatic carbocycles. The highest BCUT2D eigenvalue weighted by atomic mass is 32.1. The fourth-order valence-corrected chi connectivity index (χ4v) is 7.27. The van der Waals surface area contributed by atoms with Crippen molar-refractivity contribution in [1.82, 2.24) is 29.9 Å². The quantitative estimate of drug-likeness (QED) is 0.198. The number of hydrogen-bond acceptors (Lipinski definition) is 7. The van der Waals surface area contributed by atoms with Gasteiger partial charge >= 0.3 is 0 Å². The number of aromatic nitrogens is 6. The Balaban J connectivity index is 1.44. The maximum Gasteiger partial charge on any atom is 0.183 e. The Bertz CT molecular complexity index is 2450. The number of benzene rings is 4. The topological polar surface area (TPSA) is 77.3 Å². The SMILES string of the molecule is c1ccc2c(c1)sc1c2c2ccccc2c2nc(-c3nc(-c4ccncc4)nc(-c4ccncc4)n3)c3ccccc3c21. The molecule has 7 heteroatoms. The second kappa shape index (κ2) is 9.44. The Morgan fingerprint density at radius 3 is 1.58 bits per heavy atom. The molecule has 0 atom stereocenters. The molecule has 0 bridgehead atoms. The number of fused-ring (bicyclic) bond motifs is 10. The van der Waals surface area contributed by atoms with Gasteiger partial charge in [-0.25, -0.2) is 19.9 Å². The predicted molar refractivity (Wildman–Crippen MR) is 175 cm³/mol. The summed E-state index contributed by atoms with van der Waals surface area (Å²) in [6, 6.07) is 33.3. The Morgan fingerprint density at radius 1 is 0.419 bits per heavy atom. The lowest BCUT2D eigenvalue weighted by molar-refractivity contribution is 1.06. The molecular weight excluding hydrogens is 549 g/mol. The molecular formula is C36H20N6S. The summed E-state index contributed by atoms with van der Waals surface area (Å²) in [5.41, 5.74) is 3.38. The van der Waals surface area contributed by atoms with Crippen LogP contribution in [0.2, 0.25) is 0 Å². The Morgan fingerprint density at radius 2 is 0.930 bits per heavy atom. The highest BCUT2D eigenvalue weighted by Crippen LogP contribution is 2.46. The number of pyridine rings is 3. The third kappa shape index (κ3) is 3.72. The van der Waals surface area contributed by atoms with Crippen LogP contribution in [0.1, 0.15) is 0 Å². The van der Waals surface area contributed by atoms with E-state index in [1.54, 1.807) is 24.8 Å². The first kappa shape index (κ1) is 24.0. The molecule has 5 aromatic heterocycles. The summed E-state index contributed by atoms with van der Waals surface area (Å²) in [4.78, 5) is 28.7. The average Bonchev–Trinajstić information content (AvgIpc) is 3.48. The van der Waals surface area contributed by atoms with Gasteiger partial charge in [0, 0.05) is 72.2 Å². The first-order valence-electron chi connectivity index (χ1n) is 13.9. The molecule has 0 spiro atoms. The molecule has 6 nitrogen and oxygen atoms in total. The summed E-state index contributed by atoms with van der Waals surface area (Å²) in [6.07, 6.45) is 6.99. The van der Waals surface area contributed by atoms with Crippen molar-refractivity contribution in [2.75, 3.05) is 0 Å². The summed E-state index contributed by atoms with van der Waals surface area (Å²) < 4.78 is 2.51. The Kier molecular flexibility index (Phi) is 5.27. The highest BCUT2D eigenvalue weighted by Gasteiger charge is 2.21. The van der Waals surface area contributed by atoms with Gasteiger partial charge in [0.05, 0.1) is 5.52 Å². The Labute approximate surface area is 249 Å². The summed E-state index contributed by atoms with van der Waals surface area (Å²) in [5.74, 6) is 1.65. The number of nitrogens with zero attached hydrogens (tertiary/aromatic N) is 6. The molecule has 0 N–H and O–H groups in total. The van der Waals surface area contributed by atoms with E-state index in [4.69, 9.17) is 19.9 Å². The molecule has 43 heavy (non-hydrogen) atoms. The second-order valence-electron chi connectivity index (χ2n) is 10.4. The zero-order valence-corrected chi connectivity index (χ0v) is 23.5. The van der Waals surface area contributed by atoms with Crippen LogP contribution in [0.5, 0.6) is 0 Å². The van der Waals surface area contributed by atoms with Crippen molar-refractivity contribution in [2.45, 2.75) is 0 Å². The summed E-state index contributed by atoms with van der Waals surface area (Å²) >= 11 is 1.83. The van der Waals surface area contributed by atoms with E-state index in [0.29, 0.717) is 17.5 Å². The summed E-state index contributed by atoms with van der Waals surface area (Å²) in [6.45, 7) is 0. The average molecular weight is 569 g/mol. The van der Waals surface area contributed by atoms with Crippen LogP contribution in [0.3, 0.4) is 0 Å². The van der Waals surface area contributed by atoms with Crippen molar-refractivity contribution in [3.05, 3.63) is 122 Å². The first-order chi connectivity index (χ1) is 21.3. The van der Waals surface area contributed by atoms with Crippen molar-refractivity contribution < 1.29 is 0 Å². The van der Waals surface area contributed by atoms with Gasteiger partial charge in [-0.15, -0.1) is 11.3 Å². The van der Waals surface area contributed by atoms with Gasteiger partial charge in [-0.3, -0.25) is 9.97 Å². The third-order valence-electron chi connectivity index (χ3n) is 7.91. The van der Waals surface area contributed by atoms with Gasteiger partial charge in [0.1, 0.15) is 5.69 Å². The van der Waals surface area contributed by atoms with Crippen molar-refractivity contribution in [2.24, 2.45) is 0 Å². The van der Waals surface area contributed by atoms with Gasteiger partial charge in [-0.1, -0.05) is 66.7 Å². The normalized spacial score (nSPS) is 11.7. The number of hydrogen-bond donors (Lipinski definition) is 0. The molecule has 0 radical (unpaired) electrons. The largest absolute Gasteiger partial charge is 0.265 e. The van der Waals surface area contributed by atoms with Gasteiger partial charge in [0.2, 0.25) is 0 Å². The molecule has 0 saturated carbocycles. The molecule has 9 aromatic rings. The monoisotopic (exact) mass is 568 g/mol. The van der Waals surface area contributed by atoms with Crippen molar-refractivity contribution >= 4 is 64.0 Å². The van der Waals surface area contributed by atoms with Crippen molar-refractivity contribution in [3.63, 3.8) is 0 Å². The van der Waals surface area contributed by atoms with Crippen molar-refractivity contribution in [1.29, 1.82) is 0 Å². The minimum atomic E-state index is 0.521. The second-order valence-corrected chi connectivity index (χ2v) is 11.4. The molecule has 0 unspecified atom stereocenters. The van der Waals surface area contributed by atoms with Gasteiger partial charge in [-0.05, 0) is 41.1 Å². The molecule has 5 heterocycles. The van der Waals surface area contributed by atoms with Crippen LogP contribution in [-0.4, -0.2) is 29.9 Å². The fraction of sp³-hybridized carbons (Fsp3) is 0. The van der Waals surface area contributed by atoms with Crippen LogP contribution < -0.4 is 0 Å². The van der Waals surface area contributed by atoms with Crippen LogP contribution in [0.25, 0.3) is 86.9 Å². The lowest BCUT2D eigenvalue weighted by Gasteiger charge is -2.14. The third-order valence-corrected chi connectivity index (χ3v) is 9.10. The highest BCUT2D eigenvalue weighted by molar-refractivity contribution is 7.27. The zero-order chi connectivity index (χ0) is 28.3. The van der Waals surface area contributed by atoms with Gasteiger partial charge in [-0.2, -0.15) is 0 Å². The van der Waals surface area contributed by atoms with E-state index in [-0.39, 0.29) is 0 Å². The molecule has 9 rings (SSSR count). The Hall–Kier alpha value is -5.66.